The van der Waals surface area contributed by atoms with Gasteiger partial charge in [0.05, 0.1) is 12.2 Å². The van der Waals surface area contributed by atoms with Gasteiger partial charge >= 0.3 is 6.09 Å². The molecular weight excluding hydrogens is 326 g/mol. The number of halogens is 1. The molecule has 1 spiro atoms. The van der Waals surface area contributed by atoms with Crippen molar-refractivity contribution in [1.29, 1.82) is 0 Å². The van der Waals surface area contributed by atoms with Crippen molar-refractivity contribution >= 4 is 17.7 Å². The van der Waals surface area contributed by atoms with Gasteiger partial charge in [-0.1, -0.05) is 17.7 Å². The maximum atomic E-state index is 12.4. The first kappa shape index (κ1) is 17.6. The average molecular weight is 352 g/mol. The van der Waals surface area contributed by atoms with Crippen molar-refractivity contribution in [2.24, 2.45) is 0 Å². The zero-order valence-electron chi connectivity index (χ0n) is 14.9. The molecule has 24 heavy (non-hydrogen) atoms. The van der Waals surface area contributed by atoms with Crippen molar-refractivity contribution in [3.63, 3.8) is 0 Å². The molecule has 1 fully saturated rings. The van der Waals surface area contributed by atoms with E-state index in [1.165, 1.54) is 11.1 Å². The molecule has 0 unspecified atom stereocenters. The van der Waals surface area contributed by atoms with E-state index in [1.54, 1.807) is 0 Å². The summed E-state index contributed by atoms with van der Waals surface area (Å²) in [7, 11) is 0. The third-order valence-corrected chi connectivity index (χ3v) is 5.08. The topological polar surface area (TPSA) is 38.8 Å². The Bertz CT molecular complexity index is 640. The van der Waals surface area contributed by atoms with E-state index in [9.17, 15) is 4.79 Å². The monoisotopic (exact) mass is 351 g/mol. The van der Waals surface area contributed by atoms with Crippen LogP contribution in [-0.4, -0.2) is 35.8 Å². The Morgan fingerprint density at radius 3 is 2.83 bits per heavy atom. The number of amides is 1. The number of likely N-dealkylation sites (tertiary alicyclic amines) is 1. The van der Waals surface area contributed by atoms with Crippen LogP contribution >= 0.6 is 11.6 Å². The van der Waals surface area contributed by atoms with Crippen LogP contribution in [0.1, 0.15) is 51.7 Å². The number of piperidine rings is 1. The van der Waals surface area contributed by atoms with Gasteiger partial charge in [0.15, 0.2) is 0 Å². The summed E-state index contributed by atoms with van der Waals surface area (Å²) < 4.78 is 11.8. The number of carbonyl (C=O) groups excluding carboxylic acids is 1. The summed E-state index contributed by atoms with van der Waals surface area (Å²) in [6, 6.07) is 6.13. The summed E-state index contributed by atoms with van der Waals surface area (Å²) in [4.78, 5) is 14.3. The lowest BCUT2D eigenvalue weighted by atomic mass is 9.77. The van der Waals surface area contributed by atoms with Gasteiger partial charge < -0.3 is 14.4 Å². The van der Waals surface area contributed by atoms with E-state index >= 15 is 0 Å². The molecule has 1 aromatic carbocycles. The van der Waals surface area contributed by atoms with Crippen LogP contribution in [0.3, 0.4) is 0 Å². The van der Waals surface area contributed by atoms with Crippen LogP contribution in [0.5, 0.6) is 0 Å². The summed E-state index contributed by atoms with van der Waals surface area (Å²) in [6.07, 6.45) is 2.21. The smallest absolute Gasteiger partial charge is 0.410 e. The fraction of sp³-hybridized carbons (Fsp3) is 0.632. The molecule has 5 heteroatoms. The average Bonchev–Trinajstić information content (AvgIpc) is 2.45. The summed E-state index contributed by atoms with van der Waals surface area (Å²) >= 11 is 6.15. The Morgan fingerprint density at radius 2 is 2.17 bits per heavy atom. The predicted molar refractivity (Wildman–Crippen MR) is 94.4 cm³/mol. The number of nitrogens with zero attached hydrogens (tertiary/aromatic N) is 1. The van der Waals surface area contributed by atoms with Gasteiger partial charge in [-0.3, -0.25) is 0 Å². The first-order valence-electron chi connectivity index (χ1n) is 8.63. The number of benzene rings is 1. The minimum atomic E-state index is -0.476. The SMILES string of the molecule is C[C@H]1C[C@@]2(CCN1C(=O)OC(C)(C)C)OCCc1cc(Cl)ccc12. The van der Waals surface area contributed by atoms with E-state index in [2.05, 4.69) is 13.0 Å². The molecule has 0 aliphatic carbocycles. The van der Waals surface area contributed by atoms with Crippen molar-refractivity contribution in [2.45, 2.75) is 64.2 Å². The van der Waals surface area contributed by atoms with E-state index in [-0.39, 0.29) is 17.7 Å². The Balaban J connectivity index is 1.80. The van der Waals surface area contributed by atoms with Gasteiger partial charge in [-0.15, -0.1) is 0 Å². The van der Waals surface area contributed by atoms with Gasteiger partial charge in [-0.2, -0.15) is 0 Å². The molecule has 2 atom stereocenters. The minimum absolute atomic E-state index is 0.0650. The van der Waals surface area contributed by atoms with Gasteiger partial charge in [0.25, 0.3) is 0 Å². The van der Waals surface area contributed by atoms with Crippen LogP contribution in [-0.2, 0) is 21.5 Å². The van der Waals surface area contributed by atoms with E-state index in [4.69, 9.17) is 21.1 Å². The largest absolute Gasteiger partial charge is 0.444 e. The Kier molecular flexibility index (Phi) is 4.56. The minimum Gasteiger partial charge on any atom is -0.444 e. The van der Waals surface area contributed by atoms with Gasteiger partial charge in [0, 0.05) is 24.0 Å². The highest BCUT2D eigenvalue weighted by molar-refractivity contribution is 6.30. The number of hydrogen-bond acceptors (Lipinski definition) is 3. The highest BCUT2D eigenvalue weighted by Crippen LogP contribution is 2.44. The van der Waals surface area contributed by atoms with Crippen molar-refractivity contribution in [3.8, 4) is 0 Å². The molecule has 0 radical (unpaired) electrons. The molecule has 2 aliphatic rings. The Labute approximate surface area is 149 Å². The molecule has 0 saturated carbocycles. The second-order valence-electron chi connectivity index (χ2n) is 7.87. The zero-order chi connectivity index (χ0) is 17.5. The van der Waals surface area contributed by atoms with Gasteiger partial charge in [-0.25, -0.2) is 4.79 Å². The fourth-order valence-electron chi connectivity index (χ4n) is 3.83. The lowest BCUT2D eigenvalue weighted by Crippen LogP contribution is -2.53. The molecule has 1 amide bonds. The maximum absolute atomic E-state index is 12.4. The highest BCUT2D eigenvalue weighted by atomic mass is 35.5. The van der Waals surface area contributed by atoms with Gasteiger partial charge in [0.2, 0.25) is 0 Å². The fourth-order valence-corrected chi connectivity index (χ4v) is 4.02. The summed E-state index contributed by atoms with van der Waals surface area (Å²) in [6.45, 7) is 9.09. The van der Waals surface area contributed by atoms with Crippen LogP contribution in [0, 0.1) is 0 Å². The summed E-state index contributed by atoms with van der Waals surface area (Å²) in [5.74, 6) is 0. The summed E-state index contributed by atoms with van der Waals surface area (Å²) in [5.41, 5.74) is 1.72. The Morgan fingerprint density at radius 1 is 1.42 bits per heavy atom. The number of ether oxygens (including phenoxy) is 2. The lowest BCUT2D eigenvalue weighted by Gasteiger charge is -2.48. The molecule has 0 bridgehead atoms. The molecule has 0 N–H and O–H groups in total. The molecule has 2 heterocycles. The number of fused-ring (bicyclic) bond motifs is 2. The summed E-state index contributed by atoms with van der Waals surface area (Å²) in [5, 5.41) is 0.769. The molecule has 1 aromatic rings. The van der Waals surface area contributed by atoms with Crippen LogP contribution in [0.15, 0.2) is 18.2 Å². The van der Waals surface area contributed by atoms with Gasteiger partial charge in [0.1, 0.15) is 5.60 Å². The van der Waals surface area contributed by atoms with E-state index in [1.807, 2.05) is 37.8 Å². The molecule has 1 saturated heterocycles. The van der Waals surface area contributed by atoms with Crippen LogP contribution in [0.2, 0.25) is 5.02 Å². The van der Waals surface area contributed by atoms with Crippen molar-refractivity contribution in [3.05, 3.63) is 34.3 Å². The van der Waals surface area contributed by atoms with Crippen LogP contribution in [0.25, 0.3) is 0 Å². The van der Waals surface area contributed by atoms with E-state index in [0.29, 0.717) is 13.2 Å². The third kappa shape index (κ3) is 3.40. The molecule has 132 valence electrons. The number of rotatable bonds is 0. The maximum Gasteiger partial charge on any atom is 0.410 e. The third-order valence-electron chi connectivity index (χ3n) is 4.85. The quantitative estimate of drug-likeness (QED) is 0.689. The normalized spacial score (nSPS) is 27.0. The first-order valence-corrected chi connectivity index (χ1v) is 9.00. The van der Waals surface area contributed by atoms with Crippen LogP contribution < -0.4 is 0 Å². The Hall–Kier alpha value is -1.26. The molecule has 3 rings (SSSR count). The van der Waals surface area contributed by atoms with Crippen LogP contribution in [0.4, 0.5) is 4.79 Å². The number of hydrogen-bond donors (Lipinski definition) is 0. The highest BCUT2D eigenvalue weighted by Gasteiger charge is 2.45. The van der Waals surface area contributed by atoms with Crippen molar-refractivity contribution in [2.75, 3.05) is 13.2 Å². The first-order chi connectivity index (χ1) is 11.2. The molecular formula is C19H26ClNO3. The lowest BCUT2D eigenvalue weighted by molar-refractivity contribution is -0.110. The van der Waals surface area contributed by atoms with E-state index in [0.717, 1.165) is 24.3 Å². The standard InChI is InChI=1S/C19H26ClNO3/c1-13-12-19(8-9-21(13)17(22)24-18(2,3)4)16-6-5-15(20)11-14(16)7-10-23-19/h5-6,11,13H,7-10,12H2,1-4H3/t13-,19+/m0/s1. The van der Waals surface area contributed by atoms with Gasteiger partial charge in [-0.05, 0) is 63.8 Å². The second kappa shape index (κ2) is 6.23. The zero-order valence-corrected chi connectivity index (χ0v) is 15.7. The second-order valence-corrected chi connectivity index (χ2v) is 8.31. The number of carbonyl (C=O) groups is 1. The van der Waals surface area contributed by atoms with E-state index < -0.39 is 5.60 Å². The predicted octanol–water partition coefficient (Wildman–Crippen LogP) is 4.53. The molecule has 2 aliphatic heterocycles. The van der Waals surface area contributed by atoms with Crippen molar-refractivity contribution < 1.29 is 14.3 Å². The molecule has 0 aromatic heterocycles. The van der Waals surface area contributed by atoms with Crippen molar-refractivity contribution in [1.82, 2.24) is 4.90 Å². The molecule has 4 nitrogen and oxygen atoms in total.